The smallest absolute Gasteiger partial charge is 0.327 e. The van der Waals surface area contributed by atoms with Gasteiger partial charge in [0.1, 0.15) is 6.04 Å². The van der Waals surface area contributed by atoms with E-state index in [0.29, 0.717) is 5.69 Å². The molecular weight excluding hydrogens is 256 g/mol. The van der Waals surface area contributed by atoms with Crippen LogP contribution in [0.1, 0.15) is 6.92 Å². The lowest BCUT2D eigenvalue weighted by atomic mass is 10.2. The van der Waals surface area contributed by atoms with Crippen molar-refractivity contribution in [3.63, 3.8) is 0 Å². The fraction of sp³-hybridized carbons (Fsp3) is 0.300. The summed E-state index contributed by atoms with van der Waals surface area (Å²) in [5, 5.41) is 20.7. The summed E-state index contributed by atoms with van der Waals surface area (Å²) in [4.78, 5) is 21.5. The normalized spacial score (nSPS) is 12.1. The van der Waals surface area contributed by atoms with Gasteiger partial charge >= 0.3 is 11.7 Å². The van der Waals surface area contributed by atoms with E-state index in [2.05, 4.69) is 25.0 Å². The number of nitro benzene ring substituents is 1. The molecular formula is C10H10N4O5. The molecule has 0 aliphatic heterocycles. The van der Waals surface area contributed by atoms with Crippen molar-refractivity contribution in [1.82, 2.24) is 10.3 Å². The second-order valence-corrected chi connectivity index (χ2v) is 3.74. The van der Waals surface area contributed by atoms with E-state index in [9.17, 15) is 14.9 Å². The Kier molecular flexibility index (Phi) is 3.27. The third-order valence-electron chi connectivity index (χ3n) is 2.52. The molecule has 9 nitrogen and oxygen atoms in total. The number of benzene rings is 1. The highest BCUT2D eigenvalue weighted by atomic mass is 16.6. The quantitative estimate of drug-likeness (QED) is 0.496. The maximum Gasteiger partial charge on any atom is 0.327 e. The first-order valence-corrected chi connectivity index (χ1v) is 5.28. The second kappa shape index (κ2) is 4.88. The van der Waals surface area contributed by atoms with Gasteiger partial charge in [-0.05, 0) is 23.3 Å². The van der Waals surface area contributed by atoms with Crippen LogP contribution >= 0.6 is 0 Å². The molecule has 1 unspecified atom stereocenters. The van der Waals surface area contributed by atoms with E-state index in [0.717, 1.165) is 0 Å². The van der Waals surface area contributed by atoms with Crippen LogP contribution in [0.5, 0.6) is 0 Å². The first-order valence-electron chi connectivity index (χ1n) is 5.28. The van der Waals surface area contributed by atoms with Crippen molar-refractivity contribution in [2.75, 3.05) is 12.4 Å². The van der Waals surface area contributed by atoms with Gasteiger partial charge in [0.25, 0.3) is 0 Å². The number of hydrogen-bond donors (Lipinski definition) is 1. The minimum atomic E-state index is -0.633. The van der Waals surface area contributed by atoms with E-state index in [1.54, 1.807) is 6.92 Å². The molecule has 1 N–H and O–H groups in total. The van der Waals surface area contributed by atoms with Crippen molar-refractivity contribution in [2.24, 2.45) is 0 Å². The first-order chi connectivity index (χ1) is 9.04. The lowest BCUT2D eigenvalue weighted by molar-refractivity contribution is -0.383. The number of anilines is 1. The van der Waals surface area contributed by atoms with E-state index in [1.165, 1.54) is 19.2 Å². The molecule has 9 heteroatoms. The number of non-ortho nitro benzene ring substituents is 1. The van der Waals surface area contributed by atoms with Crippen molar-refractivity contribution in [3.8, 4) is 0 Å². The van der Waals surface area contributed by atoms with E-state index in [4.69, 9.17) is 0 Å². The maximum absolute atomic E-state index is 11.3. The molecule has 0 amide bonds. The number of hydrogen-bond acceptors (Lipinski definition) is 8. The molecule has 0 saturated carbocycles. The zero-order valence-electron chi connectivity index (χ0n) is 10.1. The molecule has 1 aromatic carbocycles. The number of ether oxygens (including phenoxy) is 1. The number of nitrogens with zero attached hydrogens (tertiary/aromatic N) is 3. The zero-order chi connectivity index (χ0) is 14.0. The fourth-order valence-electron chi connectivity index (χ4n) is 1.59. The molecule has 0 saturated heterocycles. The van der Waals surface area contributed by atoms with Crippen LogP contribution in [0.25, 0.3) is 11.0 Å². The van der Waals surface area contributed by atoms with Gasteiger partial charge < -0.3 is 10.1 Å². The molecule has 1 aromatic heterocycles. The number of nitrogens with one attached hydrogen (secondary N) is 1. The van der Waals surface area contributed by atoms with Crippen molar-refractivity contribution >= 4 is 28.4 Å². The maximum atomic E-state index is 11.3. The molecule has 100 valence electrons. The van der Waals surface area contributed by atoms with E-state index < -0.39 is 16.9 Å². The summed E-state index contributed by atoms with van der Waals surface area (Å²) in [5.74, 6) is -0.469. The van der Waals surface area contributed by atoms with Crippen LogP contribution in [0, 0.1) is 10.1 Å². The monoisotopic (exact) mass is 266 g/mol. The van der Waals surface area contributed by atoms with Crippen LogP contribution in [-0.2, 0) is 9.53 Å². The van der Waals surface area contributed by atoms with Crippen LogP contribution in [-0.4, -0.2) is 34.4 Å². The Morgan fingerprint density at radius 2 is 2.16 bits per heavy atom. The van der Waals surface area contributed by atoms with E-state index in [1.807, 2.05) is 0 Å². The molecule has 2 rings (SSSR count). The number of carbonyl (C=O) groups is 1. The summed E-state index contributed by atoms with van der Waals surface area (Å²) in [6, 6.07) is 2.06. The topological polar surface area (TPSA) is 120 Å². The number of carbonyl (C=O) groups excluding carboxylic acids is 1. The molecule has 0 fully saturated rings. The average Bonchev–Trinajstić information content (AvgIpc) is 2.87. The zero-order valence-corrected chi connectivity index (χ0v) is 10.1. The van der Waals surface area contributed by atoms with Gasteiger partial charge in [-0.1, -0.05) is 0 Å². The Hall–Kier alpha value is -2.71. The van der Waals surface area contributed by atoms with Gasteiger partial charge in [-0.25, -0.2) is 9.42 Å². The Morgan fingerprint density at radius 1 is 1.47 bits per heavy atom. The summed E-state index contributed by atoms with van der Waals surface area (Å²) in [6.45, 7) is 1.59. The lowest BCUT2D eigenvalue weighted by Gasteiger charge is -2.12. The van der Waals surface area contributed by atoms with Gasteiger partial charge in [0.15, 0.2) is 5.52 Å². The first kappa shape index (κ1) is 12.7. The average molecular weight is 266 g/mol. The van der Waals surface area contributed by atoms with Crippen LogP contribution in [0.4, 0.5) is 11.4 Å². The molecule has 0 spiro atoms. The Labute approximate surface area is 106 Å². The Balaban J connectivity index is 2.41. The number of methoxy groups -OCH3 is 1. The van der Waals surface area contributed by atoms with Crippen molar-refractivity contribution in [3.05, 3.63) is 22.2 Å². The molecule has 0 aliphatic rings. The van der Waals surface area contributed by atoms with Crippen LogP contribution < -0.4 is 5.32 Å². The molecule has 0 radical (unpaired) electrons. The van der Waals surface area contributed by atoms with Gasteiger partial charge in [0, 0.05) is 6.07 Å². The van der Waals surface area contributed by atoms with Crippen LogP contribution in [0.3, 0.4) is 0 Å². The summed E-state index contributed by atoms with van der Waals surface area (Å²) >= 11 is 0. The molecule has 1 atom stereocenters. The summed E-state index contributed by atoms with van der Waals surface area (Å²) < 4.78 is 9.07. The van der Waals surface area contributed by atoms with E-state index >= 15 is 0 Å². The molecule has 19 heavy (non-hydrogen) atoms. The van der Waals surface area contributed by atoms with Crippen molar-refractivity contribution < 1.29 is 19.1 Å². The SMILES string of the molecule is COC(=O)C(C)Nc1ccc([N+](=O)[O-])c2nonc12. The predicted octanol–water partition coefficient (Wildman–Crippen LogP) is 1.10. The van der Waals surface area contributed by atoms with Crippen molar-refractivity contribution in [2.45, 2.75) is 13.0 Å². The molecule has 0 aliphatic carbocycles. The third-order valence-corrected chi connectivity index (χ3v) is 2.52. The van der Waals surface area contributed by atoms with Gasteiger partial charge in [-0.15, -0.1) is 0 Å². The van der Waals surface area contributed by atoms with Crippen molar-refractivity contribution in [1.29, 1.82) is 0 Å². The third kappa shape index (κ3) is 2.30. The standard InChI is InChI=1S/C10H10N4O5/c1-5(10(15)18-2)11-6-3-4-7(14(16)17)9-8(6)12-19-13-9/h3-5,11H,1-2H3. The molecule has 1 heterocycles. The number of fused-ring (bicyclic) bond motifs is 1. The largest absolute Gasteiger partial charge is 0.467 e. The van der Waals surface area contributed by atoms with Gasteiger partial charge in [0.05, 0.1) is 17.7 Å². The van der Waals surface area contributed by atoms with Crippen LogP contribution in [0.15, 0.2) is 16.8 Å². The second-order valence-electron chi connectivity index (χ2n) is 3.74. The highest BCUT2D eigenvalue weighted by molar-refractivity contribution is 5.94. The molecule has 2 aromatic rings. The molecule has 0 bridgehead atoms. The number of aromatic nitrogens is 2. The van der Waals surface area contributed by atoms with Crippen LogP contribution in [0.2, 0.25) is 0 Å². The Morgan fingerprint density at radius 3 is 2.79 bits per heavy atom. The fourth-order valence-corrected chi connectivity index (χ4v) is 1.59. The highest BCUT2D eigenvalue weighted by Crippen LogP contribution is 2.28. The lowest BCUT2D eigenvalue weighted by Crippen LogP contribution is -2.27. The Bertz CT molecular complexity index is 638. The summed E-state index contributed by atoms with van der Waals surface area (Å²) in [7, 11) is 1.27. The van der Waals surface area contributed by atoms with Gasteiger partial charge in [0.2, 0.25) is 5.52 Å². The minimum Gasteiger partial charge on any atom is -0.467 e. The number of nitro groups is 1. The predicted molar refractivity (Wildman–Crippen MR) is 63.6 cm³/mol. The summed E-state index contributed by atoms with van der Waals surface area (Å²) in [6.07, 6.45) is 0. The van der Waals surface area contributed by atoms with Gasteiger partial charge in [-0.3, -0.25) is 10.1 Å². The highest BCUT2D eigenvalue weighted by Gasteiger charge is 2.21. The number of esters is 1. The number of rotatable bonds is 4. The minimum absolute atomic E-state index is 0.0204. The van der Waals surface area contributed by atoms with E-state index in [-0.39, 0.29) is 16.7 Å². The summed E-state index contributed by atoms with van der Waals surface area (Å²) in [5.41, 5.74) is 0.393. The van der Waals surface area contributed by atoms with Gasteiger partial charge in [-0.2, -0.15) is 0 Å².